The van der Waals surface area contributed by atoms with Gasteiger partial charge in [0, 0.05) is 37.6 Å². The van der Waals surface area contributed by atoms with Gasteiger partial charge in [-0.25, -0.2) is 18.1 Å². The van der Waals surface area contributed by atoms with E-state index in [0.29, 0.717) is 31.9 Å². The van der Waals surface area contributed by atoms with Gasteiger partial charge in [-0.1, -0.05) is 12.1 Å². The predicted molar refractivity (Wildman–Crippen MR) is 119 cm³/mol. The molecule has 1 N–H and O–H groups in total. The van der Waals surface area contributed by atoms with Crippen LogP contribution in [0.25, 0.3) is 5.69 Å². The van der Waals surface area contributed by atoms with Gasteiger partial charge in [-0.05, 0) is 48.9 Å². The van der Waals surface area contributed by atoms with Crippen LogP contribution >= 0.6 is 0 Å². The Bertz CT molecular complexity index is 1140. The van der Waals surface area contributed by atoms with Gasteiger partial charge in [0.05, 0.1) is 5.69 Å². The van der Waals surface area contributed by atoms with Crippen molar-refractivity contribution in [3.63, 3.8) is 0 Å². The number of benzene rings is 2. The van der Waals surface area contributed by atoms with Crippen molar-refractivity contribution in [1.82, 2.24) is 19.1 Å². The number of rotatable bonds is 6. The first-order chi connectivity index (χ1) is 14.9. The van der Waals surface area contributed by atoms with Crippen molar-refractivity contribution in [3.05, 3.63) is 66.7 Å². The molecule has 31 heavy (non-hydrogen) atoms. The van der Waals surface area contributed by atoms with Gasteiger partial charge in [0.2, 0.25) is 15.9 Å². The molecule has 0 bridgehead atoms. The average Bonchev–Trinajstić information content (AvgIpc) is 3.29. The van der Waals surface area contributed by atoms with Gasteiger partial charge in [0.1, 0.15) is 18.4 Å². The minimum atomic E-state index is -3.69. The fourth-order valence-electron chi connectivity index (χ4n) is 3.54. The summed E-state index contributed by atoms with van der Waals surface area (Å²) in [6.45, 7) is 3.93. The summed E-state index contributed by atoms with van der Waals surface area (Å²) in [5.74, 6) is -1.14. The molecule has 0 spiro atoms. The van der Waals surface area contributed by atoms with E-state index in [1.807, 2.05) is 25.1 Å². The molecule has 4 rings (SSSR count). The minimum absolute atomic E-state index is 0.357. The van der Waals surface area contributed by atoms with E-state index in [4.69, 9.17) is 0 Å². The maximum atomic E-state index is 12.7. The summed E-state index contributed by atoms with van der Waals surface area (Å²) in [5, 5.41) is 6.69. The number of hydrogen-bond donors (Lipinski definition) is 1. The van der Waals surface area contributed by atoms with E-state index in [9.17, 15) is 13.2 Å². The summed E-state index contributed by atoms with van der Waals surface area (Å²) in [5.41, 5.74) is 3.56. The maximum absolute atomic E-state index is 12.7. The van der Waals surface area contributed by atoms with E-state index >= 15 is 0 Å². The fraction of sp³-hybridized carbons (Fsp3) is 0.286. The van der Waals surface area contributed by atoms with Crippen LogP contribution in [-0.4, -0.2) is 65.3 Å². The van der Waals surface area contributed by atoms with E-state index in [-0.39, 0.29) is 0 Å². The predicted octanol–water partition coefficient (Wildman–Crippen LogP) is 1.67. The van der Waals surface area contributed by atoms with Crippen LogP contribution in [0.5, 0.6) is 0 Å². The second-order valence-electron chi connectivity index (χ2n) is 7.42. The summed E-state index contributed by atoms with van der Waals surface area (Å²) in [4.78, 5) is 18.4. The summed E-state index contributed by atoms with van der Waals surface area (Å²) in [6, 6.07) is 15.1. The SMILES string of the molecule is Cc1cccc(N2CCN(S(=O)(=O)CC(=O)Nc3ccc(-n4cncn4)cc3)CC2)c1. The molecule has 1 fully saturated rings. The Labute approximate surface area is 181 Å². The number of carbonyl (C=O) groups excluding carboxylic acids is 1. The molecule has 9 nitrogen and oxygen atoms in total. The smallest absolute Gasteiger partial charge is 0.241 e. The number of aromatic nitrogens is 3. The summed E-state index contributed by atoms with van der Waals surface area (Å²) in [7, 11) is -3.69. The van der Waals surface area contributed by atoms with Crippen LogP contribution in [0.4, 0.5) is 11.4 Å². The van der Waals surface area contributed by atoms with Crippen LogP contribution in [0.15, 0.2) is 61.2 Å². The molecule has 3 aromatic rings. The standard InChI is InChI=1S/C21H24N6O3S/c1-17-3-2-4-20(13-17)25-9-11-26(12-10-25)31(29,30)14-21(28)24-18-5-7-19(8-6-18)27-16-22-15-23-27/h2-8,13,15-16H,9-12,14H2,1H3,(H,24,28). The lowest BCUT2D eigenvalue weighted by molar-refractivity contribution is -0.113. The molecule has 2 aromatic carbocycles. The Morgan fingerprint density at radius 3 is 2.42 bits per heavy atom. The molecule has 1 aromatic heterocycles. The molecule has 0 unspecified atom stereocenters. The molecule has 0 aliphatic carbocycles. The first-order valence-electron chi connectivity index (χ1n) is 9.95. The highest BCUT2D eigenvalue weighted by Gasteiger charge is 2.29. The summed E-state index contributed by atoms with van der Waals surface area (Å²) >= 11 is 0. The van der Waals surface area contributed by atoms with Gasteiger partial charge in [0.15, 0.2) is 0 Å². The van der Waals surface area contributed by atoms with Crippen molar-refractivity contribution in [2.24, 2.45) is 0 Å². The first kappa shape index (κ1) is 21.0. The minimum Gasteiger partial charge on any atom is -0.369 e. The van der Waals surface area contributed by atoms with E-state index in [1.54, 1.807) is 35.3 Å². The maximum Gasteiger partial charge on any atom is 0.241 e. The third-order valence-electron chi connectivity index (χ3n) is 5.15. The van der Waals surface area contributed by atoms with Gasteiger partial charge in [-0.15, -0.1) is 0 Å². The number of piperazine rings is 1. The number of hydrogen-bond acceptors (Lipinski definition) is 6. The zero-order valence-corrected chi connectivity index (χ0v) is 18.0. The van der Waals surface area contributed by atoms with Gasteiger partial charge in [-0.3, -0.25) is 4.79 Å². The lowest BCUT2D eigenvalue weighted by atomic mass is 10.2. The molecular weight excluding hydrogens is 416 g/mol. The first-order valence-corrected chi connectivity index (χ1v) is 11.6. The highest BCUT2D eigenvalue weighted by molar-refractivity contribution is 7.89. The Morgan fingerprint density at radius 2 is 1.77 bits per heavy atom. The number of amides is 1. The molecule has 0 radical (unpaired) electrons. The highest BCUT2D eigenvalue weighted by atomic mass is 32.2. The number of aryl methyl sites for hydroxylation is 1. The molecular formula is C21H24N6O3S. The molecule has 0 saturated carbocycles. The van der Waals surface area contributed by atoms with E-state index in [2.05, 4.69) is 26.4 Å². The molecule has 1 aliphatic heterocycles. The third kappa shape index (κ3) is 5.09. The van der Waals surface area contributed by atoms with Crippen molar-refractivity contribution in [1.29, 1.82) is 0 Å². The van der Waals surface area contributed by atoms with Crippen molar-refractivity contribution in [2.45, 2.75) is 6.92 Å². The zero-order valence-electron chi connectivity index (χ0n) is 17.2. The van der Waals surface area contributed by atoms with Gasteiger partial charge in [0.25, 0.3) is 0 Å². The number of sulfonamides is 1. The second-order valence-corrected chi connectivity index (χ2v) is 9.39. The molecule has 1 aliphatic rings. The van der Waals surface area contributed by atoms with Gasteiger partial charge in [-0.2, -0.15) is 9.40 Å². The van der Waals surface area contributed by atoms with Crippen LogP contribution in [0.3, 0.4) is 0 Å². The zero-order chi connectivity index (χ0) is 21.8. The van der Waals surface area contributed by atoms with E-state index in [0.717, 1.165) is 11.4 Å². The molecule has 1 amide bonds. The monoisotopic (exact) mass is 440 g/mol. The molecule has 10 heteroatoms. The van der Waals surface area contributed by atoms with Crippen LogP contribution < -0.4 is 10.2 Å². The normalized spacial score (nSPS) is 15.1. The number of anilines is 2. The van der Waals surface area contributed by atoms with Crippen molar-refractivity contribution >= 4 is 27.3 Å². The molecule has 162 valence electrons. The Kier molecular flexibility index (Phi) is 6.01. The summed E-state index contributed by atoms with van der Waals surface area (Å²) < 4.78 is 28.4. The Morgan fingerprint density at radius 1 is 1.03 bits per heavy atom. The van der Waals surface area contributed by atoms with Crippen molar-refractivity contribution in [3.8, 4) is 5.69 Å². The second kappa shape index (κ2) is 8.86. The van der Waals surface area contributed by atoms with E-state index in [1.165, 1.54) is 16.2 Å². The van der Waals surface area contributed by atoms with Crippen molar-refractivity contribution < 1.29 is 13.2 Å². The largest absolute Gasteiger partial charge is 0.369 e. The summed E-state index contributed by atoms with van der Waals surface area (Å²) in [6.07, 6.45) is 3.00. The Hall–Kier alpha value is -3.24. The van der Waals surface area contributed by atoms with Crippen molar-refractivity contribution in [2.75, 3.05) is 42.1 Å². The fourth-order valence-corrected chi connectivity index (χ4v) is 4.85. The quantitative estimate of drug-likeness (QED) is 0.626. The molecule has 1 saturated heterocycles. The number of nitrogens with zero attached hydrogens (tertiary/aromatic N) is 5. The molecule has 0 atom stereocenters. The number of nitrogens with one attached hydrogen (secondary N) is 1. The average molecular weight is 441 g/mol. The Balaban J connectivity index is 1.32. The number of carbonyl (C=O) groups is 1. The van der Waals surface area contributed by atoms with Crippen LogP contribution in [0.1, 0.15) is 5.56 Å². The lowest BCUT2D eigenvalue weighted by Gasteiger charge is -2.35. The topological polar surface area (TPSA) is 100 Å². The highest BCUT2D eigenvalue weighted by Crippen LogP contribution is 2.19. The molecule has 2 heterocycles. The van der Waals surface area contributed by atoms with Gasteiger partial charge >= 0.3 is 0 Å². The lowest BCUT2D eigenvalue weighted by Crippen LogP contribution is -2.50. The van der Waals surface area contributed by atoms with Crippen LogP contribution in [-0.2, 0) is 14.8 Å². The van der Waals surface area contributed by atoms with Crippen LogP contribution in [0.2, 0.25) is 0 Å². The van der Waals surface area contributed by atoms with Gasteiger partial charge < -0.3 is 10.2 Å². The van der Waals surface area contributed by atoms with E-state index < -0.39 is 21.7 Å². The third-order valence-corrected chi connectivity index (χ3v) is 6.93. The van der Waals surface area contributed by atoms with Crippen LogP contribution in [0, 0.1) is 6.92 Å².